The first-order valence-electron chi connectivity index (χ1n) is 13.6. The standard InChI is InChI=1S/C33H36N2O5/c1-4-5-17-34(31(36)19-25-12-14-28(39-3)15-13-25)22-32(37)35(20-26-9-7-6-8-10-26)21-27-23-40-30-16-11-24(2)18-29(30)33(27)38/h6-16,18,23H,4-5,17,19-22H2,1-3H3. The highest BCUT2D eigenvalue weighted by molar-refractivity contribution is 5.86. The number of hydrogen-bond donors (Lipinski definition) is 0. The van der Waals surface area contributed by atoms with Gasteiger partial charge in [0.15, 0.2) is 5.43 Å². The van der Waals surface area contributed by atoms with Crippen LogP contribution in [0.2, 0.25) is 0 Å². The molecule has 4 rings (SSSR count). The van der Waals surface area contributed by atoms with E-state index in [0.717, 1.165) is 35.3 Å². The minimum absolute atomic E-state index is 0.0696. The molecule has 0 aliphatic rings. The summed E-state index contributed by atoms with van der Waals surface area (Å²) in [5.74, 6) is 0.373. The van der Waals surface area contributed by atoms with E-state index in [-0.39, 0.29) is 36.8 Å². The first kappa shape index (κ1) is 28.6. The summed E-state index contributed by atoms with van der Waals surface area (Å²) in [6.45, 7) is 4.77. The third kappa shape index (κ3) is 7.38. The molecule has 0 spiro atoms. The molecule has 40 heavy (non-hydrogen) atoms. The van der Waals surface area contributed by atoms with Crippen LogP contribution >= 0.6 is 0 Å². The topological polar surface area (TPSA) is 80.1 Å². The predicted molar refractivity (Wildman–Crippen MR) is 156 cm³/mol. The Morgan fingerprint density at radius 2 is 1.62 bits per heavy atom. The number of hydrogen-bond acceptors (Lipinski definition) is 5. The molecule has 1 aromatic heterocycles. The summed E-state index contributed by atoms with van der Waals surface area (Å²) >= 11 is 0. The van der Waals surface area contributed by atoms with Crippen molar-refractivity contribution in [2.24, 2.45) is 0 Å². The van der Waals surface area contributed by atoms with Crippen molar-refractivity contribution in [3.63, 3.8) is 0 Å². The molecule has 0 saturated carbocycles. The zero-order valence-corrected chi connectivity index (χ0v) is 23.4. The summed E-state index contributed by atoms with van der Waals surface area (Å²) in [6.07, 6.45) is 3.31. The number of nitrogens with zero attached hydrogens (tertiary/aromatic N) is 2. The molecular weight excluding hydrogens is 504 g/mol. The SMILES string of the molecule is CCCCN(CC(=O)N(Cc1ccccc1)Cc1coc2ccc(C)cc2c1=O)C(=O)Cc1ccc(OC)cc1. The Hall–Kier alpha value is -4.39. The normalized spacial score (nSPS) is 10.9. The van der Waals surface area contributed by atoms with Crippen LogP contribution in [-0.2, 0) is 29.1 Å². The number of aryl methyl sites for hydroxylation is 1. The van der Waals surface area contributed by atoms with Crippen molar-refractivity contribution in [1.29, 1.82) is 0 Å². The first-order valence-corrected chi connectivity index (χ1v) is 13.6. The molecule has 0 unspecified atom stereocenters. The van der Waals surface area contributed by atoms with Gasteiger partial charge >= 0.3 is 0 Å². The predicted octanol–water partition coefficient (Wildman–Crippen LogP) is 5.51. The van der Waals surface area contributed by atoms with Crippen molar-refractivity contribution in [1.82, 2.24) is 9.80 Å². The maximum absolute atomic E-state index is 13.8. The Balaban J connectivity index is 1.58. The first-order chi connectivity index (χ1) is 19.4. The molecule has 0 saturated heterocycles. The van der Waals surface area contributed by atoms with Gasteiger partial charge in [-0.3, -0.25) is 14.4 Å². The monoisotopic (exact) mass is 540 g/mol. The highest BCUT2D eigenvalue weighted by Gasteiger charge is 2.23. The van der Waals surface area contributed by atoms with Crippen molar-refractivity contribution < 1.29 is 18.7 Å². The zero-order chi connectivity index (χ0) is 28.5. The van der Waals surface area contributed by atoms with E-state index >= 15 is 0 Å². The summed E-state index contributed by atoms with van der Waals surface area (Å²) < 4.78 is 11.0. The van der Waals surface area contributed by atoms with E-state index in [4.69, 9.17) is 9.15 Å². The number of carbonyl (C=O) groups excluding carboxylic acids is 2. The molecule has 7 nitrogen and oxygen atoms in total. The fraction of sp³-hybridized carbons (Fsp3) is 0.303. The van der Waals surface area contributed by atoms with E-state index in [9.17, 15) is 14.4 Å². The van der Waals surface area contributed by atoms with Crippen molar-refractivity contribution in [3.8, 4) is 5.75 Å². The lowest BCUT2D eigenvalue weighted by Crippen LogP contribution is -2.43. The average molecular weight is 541 g/mol. The van der Waals surface area contributed by atoms with Crippen LogP contribution < -0.4 is 10.2 Å². The van der Waals surface area contributed by atoms with Gasteiger partial charge in [0, 0.05) is 13.1 Å². The molecule has 3 aromatic carbocycles. The number of carbonyl (C=O) groups is 2. The molecule has 0 radical (unpaired) electrons. The summed E-state index contributed by atoms with van der Waals surface area (Å²) in [5.41, 5.74) is 3.49. The quantitative estimate of drug-likeness (QED) is 0.237. The minimum Gasteiger partial charge on any atom is -0.497 e. The van der Waals surface area contributed by atoms with Crippen LogP contribution in [0.15, 0.2) is 88.3 Å². The molecular formula is C33H36N2O5. The van der Waals surface area contributed by atoms with Gasteiger partial charge in [0.1, 0.15) is 11.3 Å². The largest absolute Gasteiger partial charge is 0.497 e. The molecule has 208 valence electrons. The van der Waals surface area contributed by atoms with Crippen molar-refractivity contribution in [3.05, 3.63) is 112 Å². The summed E-state index contributed by atoms with van der Waals surface area (Å²) in [4.78, 5) is 43.7. The molecule has 7 heteroatoms. The van der Waals surface area contributed by atoms with Gasteiger partial charge in [-0.1, -0.05) is 67.4 Å². The Morgan fingerprint density at radius 3 is 2.33 bits per heavy atom. The summed E-state index contributed by atoms with van der Waals surface area (Å²) in [6, 6.07) is 22.5. The van der Waals surface area contributed by atoms with E-state index < -0.39 is 0 Å². The second kappa shape index (κ2) is 13.6. The van der Waals surface area contributed by atoms with Gasteiger partial charge in [0.2, 0.25) is 11.8 Å². The Bertz CT molecular complexity index is 1500. The fourth-order valence-corrected chi connectivity index (χ4v) is 4.57. The number of ether oxygens (including phenoxy) is 1. The molecule has 0 N–H and O–H groups in total. The second-order valence-electron chi connectivity index (χ2n) is 10.0. The molecule has 0 atom stereocenters. The van der Waals surface area contributed by atoms with Gasteiger partial charge in [-0.2, -0.15) is 0 Å². The molecule has 0 aliphatic carbocycles. The number of fused-ring (bicyclic) bond motifs is 1. The van der Waals surface area contributed by atoms with Crippen LogP contribution in [0.5, 0.6) is 5.75 Å². The Morgan fingerprint density at radius 1 is 0.875 bits per heavy atom. The van der Waals surface area contributed by atoms with E-state index in [1.54, 1.807) is 29.0 Å². The minimum atomic E-state index is -0.230. The van der Waals surface area contributed by atoms with Crippen LogP contribution in [0.1, 0.15) is 42.0 Å². The fourth-order valence-electron chi connectivity index (χ4n) is 4.57. The van der Waals surface area contributed by atoms with Gasteiger partial charge in [-0.05, 0) is 48.7 Å². The number of unbranched alkanes of at least 4 members (excludes halogenated alkanes) is 1. The second-order valence-corrected chi connectivity index (χ2v) is 10.0. The Kier molecular flexibility index (Phi) is 9.73. The number of amides is 2. The lowest BCUT2D eigenvalue weighted by molar-refractivity contribution is -0.141. The van der Waals surface area contributed by atoms with E-state index in [1.165, 1.54) is 6.26 Å². The van der Waals surface area contributed by atoms with E-state index in [1.807, 2.05) is 67.6 Å². The molecule has 0 aliphatic heterocycles. The van der Waals surface area contributed by atoms with Gasteiger partial charge in [-0.25, -0.2) is 0 Å². The van der Waals surface area contributed by atoms with E-state index in [0.29, 0.717) is 29.6 Å². The average Bonchev–Trinajstić information content (AvgIpc) is 2.97. The number of rotatable bonds is 12. The van der Waals surface area contributed by atoms with Crippen LogP contribution in [0.25, 0.3) is 11.0 Å². The maximum Gasteiger partial charge on any atom is 0.242 e. The van der Waals surface area contributed by atoms with Gasteiger partial charge < -0.3 is 19.0 Å². The summed E-state index contributed by atoms with van der Waals surface area (Å²) in [5, 5.41) is 0.490. The summed E-state index contributed by atoms with van der Waals surface area (Å²) in [7, 11) is 1.60. The number of benzene rings is 3. The lowest BCUT2D eigenvalue weighted by atomic mass is 10.1. The van der Waals surface area contributed by atoms with Crippen molar-refractivity contribution in [2.75, 3.05) is 20.2 Å². The van der Waals surface area contributed by atoms with Crippen molar-refractivity contribution >= 4 is 22.8 Å². The molecule has 0 fully saturated rings. The van der Waals surface area contributed by atoms with E-state index in [2.05, 4.69) is 6.92 Å². The zero-order valence-electron chi connectivity index (χ0n) is 23.4. The highest BCUT2D eigenvalue weighted by atomic mass is 16.5. The third-order valence-corrected chi connectivity index (χ3v) is 6.90. The van der Waals surface area contributed by atoms with Gasteiger partial charge in [0.25, 0.3) is 0 Å². The molecule has 0 bridgehead atoms. The van der Waals surface area contributed by atoms with Gasteiger partial charge in [0.05, 0.1) is 43.8 Å². The lowest BCUT2D eigenvalue weighted by Gasteiger charge is -2.28. The smallest absolute Gasteiger partial charge is 0.242 e. The van der Waals surface area contributed by atoms with Crippen LogP contribution in [0, 0.1) is 6.92 Å². The third-order valence-electron chi connectivity index (χ3n) is 6.90. The van der Waals surface area contributed by atoms with Gasteiger partial charge in [-0.15, -0.1) is 0 Å². The molecule has 4 aromatic rings. The maximum atomic E-state index is 13.8. The van der Waals surface area contributed by atoms with Crippen molar-refractivity contribution in [2.45, 2.75) is 46.2 Å². The highest BCUT2D eigenvalue weighted by Crippen LogP contribution is 2.17. The Labute approximate surface area is 235 Å². The van der Waals surface area contributed by atoms with Crippen LogP contribution in [0.3, 0.4) is 0 Å². The van der Waals surface area contributed by atoms with Crippen LogP contribution in [-0.4, -0.2) is 41.8 Å². The molecule has 2 amide bonds. The molecule has 1 heterocycles. The number of methoxy groups -OCH3 is 1. The van der Waals surface area contributed by atoms with Crippen LogP contribution in [0.4, 0.5) is 0 Å².